The van der Waals surface area contributed by atoms with Gasteiger partial charge in [0, 0.05) is 0 Å². The molecular weight excluding hydrogens is 232 g/mol. The van der Waals surface area contributed by atoms with Crippen LogP contribution in [0.15, 0.2) is 12.1 Å². The van der Waals surface area contributed by atoms with Gasteiger partial charge in [-0.1, -0.05) is 0 Å². The standard InChI is InChI=1S/C11H11ClO4/c1-5-8(6(2)12)3-7(10(13)14)4-9(5)11(15)16/h3-4,6H,1-2H3,(H,13,14)(H,15,16). The molecule has 0 fully saturated rings. The first kappa shape index (κ1) is 12.5. The maximum atomic E-state index is 10.9. The van der Waals surface area contributed by atoms with Gasteiger partial charge < -0.3 is 10.2 Å². The van der Waals surface area contributed by atoms with Gasteiger partial charge in [-0.2, -0.15) is 0 Å². The van der Waals surface area contributed by atoms with Gasteiger partial charge in [-0.25, -0.2) is 9.59 Å². The lowest BCUT2D eigenvalue weighted by atomic mass is 9.97. The maximum Gasteiger partial charge on any atom is 0.335 e. The third kappa shape index (κ3) is 2.33. The number of alkyl halides is 1. The lowest BCUT2D eigenvalue weighted by molar-refractivity contribution is 0.0695. The van der Waals surface area contributed by atoms with Crippen LogP contribution in [-0.2, 0) is 0 Å². The molecule has 0 heterocycles. The van der Waals surface area contributed by atoms with Crippen molar-refractivity contribution in [2.24, 2.45) is 0 Å². The molecule has 1 atom stereocenters. The van der Waals surface area contributed by atoms with Crippen LogP contribution in [-0.4, -0.2) is 22.2 Å². The summed E-state index contributed by atoms with van der Waals surface area (Å²) < 4.78 is 0. The van der Waals surface area contributed by atoms with E-state index in [1.165, 1.54) is 6.07 Å². The van der Waals surface area contributed by atoms with Gasteiger partial charge in [0.05, 0.1) is 16.5 Å². The molecule has 1 unspecified atom stereocenters. The van der Waals surface area contributed by atoms with Gasteiger partial charge in [-0.15, -0.1) is 11.6 Å². The van der Waals surface area contributed by atoms with Crippen LogP contribution >= 0.6 is 11.6 Å². The van der Waals surface area contributed by atoms with Gasteiger partial charge in [0.2, 0.25) is 0 Å². The van der Waals surface area contributed by atoms with E-state index >= 15 is 0 Å². The molecule has 1 aromatic carbocycles. The number of carboxylic acid groups (broad SMARTS) is 2. The molecule has 4 nitrogen and oxygen atoms in total. The molecule has 1 aromatic rings. The van der Waals surface area contributed by atoms with Gasteiger partial charge >= 0.3 is 11.9 Å². The Labute approximate surface area is 97.5 Å². The number of aromatic carboxylic acids is 2. The van der Waals surface area contributed by atoms with Crippen molar-refractivity contribution in [3.05, 3.63) is 34.4 Å². The van der Waals surface area contributed by atoms with E-state index in [0.29, 0.717) is 11.1 Å². The van der Waals surface area contributed by atoms with E-state index in [9.17, 15) is 9.59 Å². The van der Waals surface area contributed by atoms with Gasteiger partial charge in [0.1, 0.15) is 0 Å². The van der Waals surface area contributed by atoms with Crippen LogP contribution in [0.25, 0.3) is 0 Å². The number of halogens is 1. The van der Waals surface area contributed by atoms with E-state index < -0.39 is 17.3 Å². The molecule has 5 heteroatoms. The molecule has 1 rings (SSSR count). The van der Waals surface area contributed by atoms with E-state index in [1.54, 1.807) is 13.8 Å². The molecule has 0 aliphatic carbocycles. The number of hydrogen-bond donors (Lipinski definition) is 2. The van der Waals surface area contributed by atoms with E-state index in [4.69, 9.17) is 21.8 Å². The normalized spacial score (nSPS) is 12.2. The van der Waals surface area contributed by atoms with Crippen LogP contribution in [0.5, 0.6) is 0 Å². The zero-order valence-corrected chi connectivity index (χ0v) is 9.58. The summed E-state index contributed by atoms with van der Waals surface area (Å²) in [5, 5.41) is 17.4. The Kier molecular flexibility index (Phi) is 3.55. The minimum atomic E-state index is -1.17. The highest BCUT2D eigenvalue weighted by molar-refractivity contribution is 6.20. The van der Waals surface area contributed by atoms with E-state index in [1.807, 2.05) is 0 Å². The van der Waals surface area contributed by atoms with Crippen LogP contribution in [0.2, 0.25) is 0 Å². The fraction of sp³-hybridized carbons (Fsp3) is 0.273. The monoisotopic (exact) mass is 242 g/mol. The van der Waals surface area contributed by atoms with Crippen LogP contribution in [0.3, 0.4) is 0 Å². The first-order valence-electron chi connectivity index (χ1n) is 4.59. The second-order valence-electron chi connectivity index (χ2n) is 3.46. The lowest BCUT2D eigenvalue weighted by Crippen LogP contribution is -2.08. The van der Waals surface area contributed by atoms with Crippen molar-refractivity contribution in [2.45, 2.75) is 19.2 Å². The zero-order valence-electron chi connectivity index (χ0n) is 8.82. The Morgan fingerprint density at radius 3 is 2.19 bits per heavy atom. The molecule has 0 aromatic heterocycles. The van der Waals surface area contributed by atoms with Gasteiger partial charge in [0.25, 0.3) is 0 Å². The highest BCUT2D eigenvalue weighted by atomic mass is 35.5. The Hall–Kier alpha value is -1.55. The Balaban J connectivity index is 3.51. The predicted molar refractivity (Wildman–Crippen MR) is 59.4 cm³/mol. The highest BCUT2D eigenvalue weighted by Gasteiger charge is 2.17. The topological polar surface area (TPSA) is 74.6 Å². The number of hydrogen-bond acceptors (Lipinski definition) is 2. The van der Waals surface area contributed by atoms with Crippen molar-refractivity contribution in [1.82, 2.24) is 0 Å². The van der Waals surface area contributed by atoms with Gasteiger partial charge in [-0.3, -0.25) is 0 Å². The third-order valence-corrected chi connectivity index (χ3v) is 2.59. The number of carbonyl (C=O) groups is 2. The SMILES string of the molecule is Cc1c(C(=O)O)cc(C(=O)O)cc1C(C)Cl. The summed E-state index contributed by atoms with van der Waals surface area (Å²) in [6, 6.07) is 2.55. The van der Waals surface area contributed by atoms with Crippen LogP contribution in [0, 0.1) is 6.92 Å². The summed E-state index contributed by atoms with van der Waals surface area (Å²) in [7, 11) is 0. The minimum absolute atomic E-state index is 0.0256. The van der Waals surface area contributed by atoms with Crippen LogP contribution in [0.1, 0.15) is 44.1 Å². The molecule has 0 bridgehead atoms. The molecule has 0 spiro atoms. The van der Waals surface area contributed by atoms with E-state index in [0.717, 1.165) is 6.07 Å². The second kappa shape index (κ2) is 4.53. The predicted octanol–water partition coefficient (Wildman–Crippen LogP) is 2.69. The van der Waals surface area contributed by atoms with Gasteiger partial charge in [-0.05, 0) is 37.1 Å². The number of benzene rings is 1. The molecule has 0 radical (unpaired) electrons. The zero-order chi connectivity index (χ0) is 12.5. The second-order valence-corrected chi connectivity index (χ2v) is 4.12. The maximum absolute atomic E-state index is 10.9. The summed E-state index contributed by atoms with van der Waals surface area (Å²) in [4.78, 5) is 21.8. The summed E-state index contributed by atoms with van der Waals surface area (Å²) in [5.41, 5.74) is 0.937. The van der Waals surface area contributed by atoms with Crippen molar-refractivity contribution in [1.29, 1.82) is 0 Å². The molecule has 86 valence electrons. The molecular formula is C11H11ClO4. The Bertz CT molecular complexity index is 452. The minimum Gasteiger partial charge on any atom is -0.478 e. The first-order valence-corrected chi connectivity index (χ1v) is 5.03. The largest absolute Gasteiger partial charge is 0.478 e. The lowest BCUT2D eigenvalue weighted by Gasteiger charge is -2.12. The molecule has 0 aliphatic rings. The summed E-state index contributed by atoms with van der Waals surface area (Å²) >= 11 is 5.88. The summed E-state index contributed by atoms with van der Waals surface area (Å²) in [6.07, 6.45) is 0. The number of carboxylic acids is 2. The smallest absolute Gasteiger partial charge is 0.335 e. The molecule has 16 heavy (non-hydrogen) atoms. The van der Waals surface area contributed by atoms with Gasteiger partial charge in [0.15, 0.2) is 0 Å². The summed E-state index contributed by atoms with van der Waals surface area (Å²) in [6.45, 7) is 3.28. The molecule has 0 aliphatic heterocycles. The van der Waals surface area contributed by atoms with Crippen molar-refractivity contribution < 1.29 is 19.8 Å². The van der Waals surface area contributed by atoms with E-state index in [2.05, 4.69) is 0 Å². The Morgan fingerprint density at radius 2 is 1.81 bits per heavy atom. The highest BCUT2D eigenvalue weighted by Crippen LogP contribution is 2.27. The van der Waals surface area contributed by atoms with Crippen LogP contribution in [0.4, 0.5) is 0 Å². The van der Waals surface area contributed by atoms with Crippen molar-refractivity contribution >= 4 is 23.5 Å². The van der Waals surface area contributed by atoms with E-state index in [-0.39, 0.29) is 11.1 Å². The van der Waals surface area contributed by atoms with Crippen molar-refractivity contribution in [2.75, 3.05) is 0 Å². The number of rotatable bonds is 3. The average Bonchev–Trinajstić information content (AvgIpc) is 2.16. The quantitative estimate of drug-likeness (QED) is 0.799. The fourth-order valence-electron chi connectivity index (χ4n) is 1.50. The Morgan fingerprint density at radius 1 is 1.25 bits per heavy atom. The molecule has 0 saturated heterocycles. The first-order chi connectivity index (χ1) is 7.34. The molecule has 0 amide bonds. The fourth-order valence-corrected chi connectivity index (χ4v) is 1.72. The molecule has 0 saturated carbocycles. The third-order valence-electron chi connectivity index (χ3n) is 2.35. The van der Waals surface area contributed by atoms with Crippen molar-refractivity contribution in [3.63, 3.8) is 0 Å². The molecule has 2 N–H and O–H groups in total. The van der Waals surface area contributed by atoms with Crippen LogP contribution < -0.4 is 0 Å². The average molecular weight is 243 g/mol. The summed E-state index contributed by atoms with van der Waals surface area (Å²) in [5.74, 6) is -2.32. The van der Waals surface area contributed by atoms with Crippen molar-refractivity contribution in [3.8, 4) is 0 Å².